The van der Waals surface area contributed by atoms with Gasteiger partial charge in [-0.05, 0) is 55.5 Å². The van der Waals surface area contributed by atoms with Gasteiger partial charge in [0.25, 0.3) is 5.91 Å². The van der Waals surface area contributed by atoms with Crippen molar-refractivity contribution in [1.29, 1.82) is 0 Å². The van der Waals surface area contributed by atoms with Gasteiger partial charge >= 0.3 is 0 Å². The van der Waals surface area contributed by atoms with Crippen molar-refractivity contribution in [3.63, 3.8) is 0 Å². The first-order valence-electron chi connectivity index (χ1n) is 12.7. The first-order chi connectivity index (χ1) is 18.2. The summed E-state index contributed by atoms with van der Waals surface area (Å²) in [6.45, 7) is 5.91. The number of halogens is 1. The predicted octanol–water partition coefficient (Wildman–Crippen LogP) is 6.54. The van der Waals surface area contributed by atoms with E-state index < -0.39 is 11.6 Å². The number of benzene rings is 4. The maximum Gasteiger partial charge on any atom is 0.261 e. The van der Waals surface area contributed by atoms with Crippen LogP contribution in [0.25, 0.3) is 10.8 Å². The van der Waals surface area contributed by atoms with Gasteiger partial charge in [-0.3, -0.25) is 9.59 Å². The molecule has 2 amide bonds. The number of carbonyl (C=O) groups is 2. The molecule has 5 nitrogen and oxygen atoms in total. The highest BCUT2D eigenvalue weighted by Crippen LogP contribution is 2.25. The van der Waals surface area contributed by atoms with E-state index in [9.17, 15) is 9.59 Å². The number of fused-ring (bicyclic) bond motifs is 1. The van der Waals surface area contributed by atoms with E-state index in [2.05, 4.69) is 21.2 Å². The van der Waals surface area contributed by atoms with Crippen LogP contribution in [-0.4, -0.2) is 34.9 Å². The standard InChI is InChI=1S/C32H33BrN2O3/c1-32(2,3)34-31(37)28(20-23-10-5-4-6-11-23)35(21-24-16-18-26(33)19-17-24)30(36)22-38-29-15-9-13-25-12-7-8-14-27(25)29/h4-19,28H,20-22H2,1-3H3,(H,34,37)/t28-/m1/s1. The van der Waals surface area contributed by atoms with Crippen molar-refractivity contribution in [3.05, 3.63) is 113 Å². The highest BCUT2D eigenvalue weighted by Gasteiger charge is 2.32. The largest absolute Gasteiger partial charge is 0.483 e. The lowest BCUT2D eigenvalue weighted by Crippen LogP contribution is -2.55. The second kappa shape index (κ2) is 12.3. The average molecular weight is 574 g/mol. The molecule has 0 aliphatic carbocycles. The Hall–Kier alpha value is -3.64. The molecule has 6 heteroatoms. The molecule has 196 valence electrons. The van der Waals surface area contributed by atoms with Gasteiger partial charge in [0.05, 0.1) is 0 Å². The molecule has 0 spiro atoms. The third-order valence-electron chi connectivity index (χ3n) is 6.14. The minimum Gasteiger partial charge on any atom is -0.483 e. The predicted molar refractivity (Wildman–Crippen MR) is 156 cm³/mol. The van der Waals surface area contributed by atoms with Crippen molar-refractivity contribution in [2.75, 3.05) is 6.61 Å². The lowest BCUT2D eigenvalue weighted by Gasteiger charge is -2.33. The number of hydrogen-bond donors (Lipinski definition) is 1. The topological polar surface area (TPSA) is 58.6 Å². The van der Waals surface area contributed by atoms with Crippen molar-refractivity contribution in [2.24, 2.45) is 0 Å². The van der Waals surface area contributed by atoms with E-state index in [4.69, 9.17) is 4.74 Å². The number of nitrogens with one attached hydrogen (secondary N) is 1. The molecule has 0 unspecified atom stereocenters. The van der Waals surface area contributed by atoms with Crippen molar-refractivity contribution < 1.29 is 14.3 Å². The summed E-state index contributed by atoms with van der Waals surface area (Å²) >= 11 is 3.48. The normalized spacial score (nSPS) is 12.1. The molecular formula is C32H33BrN2O3. The van der Waals surface area contributed by atoms with Gasteiger partial charge in [-0.15, -0.1) is 0 Å². The van der Waals surface area contributed by atoms with E-state index >= 15 is 0 Å². The Bertz CT molecular complexity index is 1380. The highest BCUT2D eigenvalue weighted by molar-refractivity contribution is 9.10. The first-order valence-corrected chi connectivity index (χ1v) is 13.5. The van der Waals surface area contributed by atoms with Gasteiger partial charge in [-0.2, -0.15) is 0 Å². The third-order valence-corrected chi connectivity index (χ3v) is 6.66. The summed E-state index contributed by atoms with van der Waals surface area (Å²) in [7, 11) is 0. The zero-order valence-corrected chi connectivity index (χ0v) is 23.6. The average Bonchev–Trinajstić information content (AvgIpc) is 2.90. The minimum absolute atomic E-state index is 0.182. The Labute approximate surface area is 232 Å². The molecule has 4 aromatic rings. The quantitative estimate of drug-likeness (QED) is 0.248. The Morgan fingerprint density at radius 1 is 0.842 bits per heavy atom. The van der Waals surface area contributed by atoms with Crippen LogP contribution >= 0.6 is 15.9 Å². The highest BCUT2D eigenvalue weighted by atomic mass is 79.9. The Kier molecular flexibility index (Phi) is 8.85. The second-order valence-corrected chi connectivity index (χ2v) is 11.3. The number of rotatable bonds is 9. The van der Waals surface area contributed by atoms with Crippen LogP contribution in [0.4, 0.5) is 0 Å². The molecule has 0 aliphatic heterocycles. The summed E-state index contributed by atoms with van der Waals surface area (Å²) in [5.74, 6) is 0.182. The summed E-state index contributed by atoms with van der Waals surface area (Å²) in [6.07, 6.45) is 0.388. The molecule has 0 fully saturated rings. The fourth-order valence-electron chi connectivity index (χ4n) is 4.34. The van der Waals surface area contributed by atoms with Crippen LogP contribution in [0.5, 0.6) is 5.75 Å². The molecule has 38 heavy (non-hydrogen) atoms. The van der Waals surface area contributed by atoms with E-state index in [1.54, 1.807) is 4.90 Å². The smallest absolute Gasteiger partial charge is 0.261 e. The number of amides is 2. The van der Waals surface area contributed by atoms with Crippen LogP contribution < -0.4 is 10.1 Å². The lowest BCUT2D eigenvalue weighted by atomic mass is 10.0. The molecule has 0 saturated heterocycles. The number of nitrogens with zero attached hydrogens (tertiary/aromatic N) is 1. The second-order valence-electron chi connectivity index (χ2n) is 10.4. The maximum absolute atomic E-state index is 13.8. The van der Waals surface area contributed by atoms with Crippen LogP contribution in [0, 0.1) is 0 Å². The van der Waals surface area contributed by atoms with E-state index in [1.807, 2.05) is 118 Å². The molecule has 1 N–H and O–H groups in total. The fourth-order valence-corrected chi connectivity index (χ4v) is 4.60. The summed E-state index contributed by atoms with van der Waals surface area (Å²) in [5.41, 5.74) is 1.45. The molecule has 0 radical (unpaired) electrons. The van der Waals surface area contributed by atoms with Crippen LogP contribution in [0.3, 0.4) is 0 Å². The molecule has 0 aromatic heterocycles. The van der Waals surface area contributed by atoms with Gasteiger partial charge in [0.2, 0.25) is 5.91 Å². The van der Waals surface area contributed by atoms with Gasteiger partial charge in [-0.25, -0.2) is 0 Å². The number of hydrogen-bond acceptors (Lipinski definition) is 3. The van der Waals surface area contributed by atoms with Crippen LogP contribution in [0.15, 0.2) is 102 Å². The van der Waals surface area contributed by atoms with Gasteiger partial charge < -0.3 is 15.0 Å². The molecule has 0 heterocycles. The van der Waals surface area contributed by atoms with Crippen molar-refractivity contribution in [2.45, 2.75) is 45.3 Å². The monoisotopic (exact) mass is 572 g/mol. The zero-order valence-electron chi connectivity index (χ0n) is 22.0. The van der Waals surface area contributed by atoms with Crippen LogP contribution in [0.1, 0.15) is 31.9 Å². The molecule has 4 rings (SSSR count). The zero-order chi connectivity index (χ0) is 27.1. The fraction of sp³-hybridized carbons (Fsp3) is 0.250. The molecule has 1 atom stereocenters. The molecule has 0 bridgehead atoms. The molecular weight excluding hydrogens is 540 g/mol. The third kappa shape index (κ3) is 7.45. The van der Waals surface area contributed by atoms with E-state index in [0.717, 1.165) is 26.4 Å². The molecule has 0 aliphatic rings. The minimum atomic E-state index is -0.719. The van der Waals surface area contributed by atoms with Gasteiger partial charge in [0.1, 0.15) is 11.8 Å². The van der Waals surface area contributed by atoms with E-state index in [0.29, 0.717) is 12.2 Å². The van der Waals surface area contributed by atoms with Crippen molar-refractivity contribution in [3.8, 4) is 5.75 Å². The number of ether oxygens (including phenoxy) is 1. The van der Waals surface area contributed by atoms with E-state index in [-0.39, 0.29) is 25.0 Å². The molecule has 4 aromatic carbocycles. The number of carbonyl (C=O) groups excluding carboxylic acids is 2. The van der Waals surface area contributed by atoms with Crippen molar-refractivity contribution in [1.82, 2.24) is 10.2 Å². The van der Waals surface area contributed by atoms with Gasteiger partial charge in [-0.1, -0.05) is 94.8 Å². The van der Waals surface area contributed by atoms with E-state index in [1.165, 1.54) is 0 Å². The van der Waals surface area contributed by atoms with Crippen molar-refractivity contribution >= 4 is 38.5 Å². The molecule has 0 saturated carbocycles. The Morgan fingerprint density at radius 3 is 2.21 bits per heavy atom. The maximum atomic E-state index is 13.8. The Morgan fingerprint density at radius 2 is 1.50 bits per heavy atom. The van der Waals surface area contributed by atoms with Gasteiger partial charge in [0.15, 0.2) is 6.61 Å². The summed E-state index contributed by atoms with van der Waals surface area (Å²) in [5, 5.41) is 5.06. The van der Waals surface area contributed by atoms with Crippen LogP contribution in [0.2, 0.25) is 0 Å². The van der Waals surface area contributed by atoms with Gasteiger partial charge in [0, 0.05) is 28.4 Å². The summed E-state index contributed by atoms with van der Waals surface area (Å²) < 4.78 is 7.02. The lowest BCUT2D eigenvalue weighted by molar-refractivity contribution is -0.143. The summed E-state index contributed by atoms with van der Waals surface area (Å²) in [6, 6.07) is 30.5. The summed E-state index contributed by atoms with van der Waals surface area (Å²) in [4.78, 5) is 29.1. The first kappa shape index (κ1) is 27.4. The Balaban J connectivity index is 1.65. The van der Waals surface area contributed by atoms with Crippen LogP contribution in [-0.2, 0) is 22.6 Å². The SMILES string of the molecule is CC(C)(C)NC(=O)[C@@H](Cc1ccccc1)N(Cc1ccc(Br)cc1)C(=O)COc1cccc2ccccc12.